The Morgan fingerprint density at radius 3 is 2.44 bits per heavy atom. The zero-order valence-electron chi connectivity index (χ0n) is 14.4. The number of anilines is 1. The van der Waals surface area contributed by atoms with Crippen LogP contribution in [0.15, 0.2) is 42.2 Å². The minimum absolute atomic E-state index is 0.153. The van der Waals surface area contributed by atoms with Crippen molar-refractivity contribution in [3.63, 3.8) is 0 Å². The molecule has 0 radical (unpaired) electrons. The lowest BCUT2D eigenvalue weighted by Crippen LogP contribution is -2.19. The van der Waals surface area contributed by atoms with Gasteiger partial charge in [0.15, 0.2) is 11.4 Å². The summed E-state index contributed by atoms with van der Waals surface area (Å²) >= 11 is 0. The van der Waals surface area contributed by atoms with Crippen LogP contribution in [0.4, 0.5) is 5.82 Å². The van der Waals surface area contributed by atoms with Crippen LogP contribution in [0.5, 0.6) is 0 Å². The molecule has 0 amide bonds. The van der Waals surface area contributed by atoms with Crippen molar-refractivity contribution in [3.05, 3.63) is 47.9 Å². The van der Waals surface area contributed by atoms with Gasteiger partial charge in [0.05, 0.1) is 18.9 Å². The van der Waals surface area contributed by atoms with E-state index in [-0.39, 0.29) is 18.8 Å². The molecule has 8 heteroatoms. The predicted molar refractivity (Wildman–Crippen MR) is 91.1 cm³/mol. The van der Waals surface area contributed by atoms with Crippen molar-refractivity contribution < 1.29 is 19.1 Å². The number of pyridine rings is 1. The third-order valence-electron chi connectivity index (χ3n) is 3.05. The van der Waals surface area contributed by atoms with Crippen molar-refractivity contribution in [2.75, 3.05) is 18.5 Å². The molecule has 0 atom stereocenters. The minimum atomic E-state index is -0.755. The fourth-order valence-electron chi connectivity index (χ4n) is 2.02. The Balaban J connectivity index is 2.31. The highest BCUT2D eigenvalue weighted by molar-refractivity contribution is 6.14. The monoisotopic (exact) mass is 344 g/mol. The first kappa shape index (κ1) is 18.2. The maximum atomic E-state index is 12.0. The van der Waals surface area contributed by atoms with Crippen molar-refractivity contribution in [1.29, 1.82) is 0 Å². The van der Waals surface area contributed by atoms with E-state index in [4.69, 9.17) is 9.47 Å². The fraction of sp³-hybridized carbons (Fsp3) is 0.294. The standard InChI is InChI=1S/C17H20N4O4/c1-4-24-16(22)13(17(23)25-5-2)11-19-15-10-12(3)20-21(15)14-8-6-7-9-18-14/h6-11,19H,4-5H2,1-3H3. The molecule has 0 saturated carbocycles. The molecule has 132 valence electrons. The molecule has 0 aliphatic carbocycles. The molecule has 2 rings (SSSR count). The summed E-state index contributed by atoms with van der Waals surface area (Å²) in [5, 5.41) is 7.26. The fourth-order valence-corrected chi connectivity index (χ4v) is 2.02. The van der Waals surface area contributed by atoms with E-state index in [1.54, 1.807) is 42.9 Å². The lowest BCUT2D eigenvalue weighted by molar-refractivity contribution is -0.146. The largest absolute Gasteiger partial charge is 0.462 e. The van der Waals surface area contributed by atoms with E-state index in [1.165, 1.54) is 6.20 Å². The number of hydrogen-bond acceptors (Lipinski definition) is 7. The Morgan fingerprint density at radius 1 is 1.20 bits per heavy atom. The van der Waals surface area contributed by atoms with Gasteiger partial charge in [-0.1, -0.05) is 6.07 Å². The summed E-state index contributed by atoms with van der Waals surface area (Å²) in [5.41, 5.74) is 0.519. The highest BCUT2D eigenvalue weighted by atomic mass is 16.6. The average Bonchev–Trinajstić information content (AvgIpc) is 2.97. The van der Waals surface area contributed by atoms with Crippen LogP contribution in [0.25, 0.3) is 5.82 Å². The normalized spacial score (nSPS) is 10.0. The molecule has 0 aromatic carbocycles. The maximum Gasteiger partial charge on any atom is 0.347 e. The van der Waals surface area contributed by atoms with E-state index >= 15 is 0 Å². The Hall–Kier alpha value is -3.16. The van der Waals surface area contributed by atoms with Gasteiger partial charge in [-0.15, -0.1) is 0 Å². The van der Waals surface area contributed by atoms with E-state index < -0.39 is 11.9 Å². The van der Waals surface area contributed by atoms with Crippen LogP contribution in [0.1, 0.15) is 19.5 Å². The summed E-state index contributed by atoms with van der Waals surface area (Å²) in [5.74, 6) is -0.370. The van der Waals surface area contributed by atoms with Crippen LogP contribution in [0.3, 0.4) is 0 Å². The molecule has 2 aromatic heterocycles. The lowest BCUT2D eigenvalue weighted by Gasteiger charge is -2.09. The zero-order valence-corrected chi connectivity index (χ0v) is 14.4. The van der Waals surface area contributed by atoms with E-state index in [0.29, 0.717) is 11.6 Å². The van der Waals surface area contributed by atoms with Crippen molar-refractivity contribution in [2.24, 2.45) is 0 Å². The molecule has 2 aromatic rings. The summed E-state index contributed by atoms with van der Waals surface area (Å²) in [6.07, 6.45) is 2.90. The number of nitrogens with zero attached hydrogens (tertiary/aromatic N) is 3. The minimum Gasteiger partial charge on any atom is -0.462 e. The van der Waals surface area contributed by atoms with E-state index in [1.807, 2.05) is 13.0 Å². The van der Waals surface area contributed by atoms with Gasteiger partial charge in [-0.3, -0.25) is 0 Å². The first-order chi connectivity index (χ1) is 12.1. The van der Waals surface area contributed by atoms with Gasteiger partial charge in [0, 0.05) is 18.5 Å². The molecule has 0 fully saturated rings. The van der Waals surface area contributed by atoms with Gasteiger partial charge in [-0.25, -0.2) is 14.6 Å². The van der Waals surface area contributed by atoms with Crippen LogP contribution >= 0.6 is 0 Å². The van der Waals surface area contributed by atoms with Crippen molar-refractivity contribution in [3.8, 4) is 5.82 Å². The third-order valence-corrected chi connectivity index (χ3v) is 3.05. The molecule has 1 N–H and O–H groups in total. The van der Waals surface area contributed by atoms with Crippen LogP contribution in [-0.4, -0.2) is 39.9 Å². The molecule has 0 bridgehead atoms. The number of esters is 2. The Bertz CT molecular complexity index is 748. The second kappa shape index (κ2) is 8.62. The summed E-state index contributed by atoms with van der Waals surface area (Å²) < 4.78 is 11.4. The van der Waals surface area contributed by atoms with Crippen LogP contribution in [-0.2, 0) is 19.1 Å². The summed E-state index contributed by atoms with van der Waals surface area (Å²) in [7, 11) is 0. The van der Waals surface area contributed by atoms with Gasteiger partial charge in [0.1, 0.15) is 5.82 Å². The Morgan fingerprint density at radius 2 is 1.88 bits per heavy atom. The summed E-state index contributed by atoms with van der Waals surface area (Å²) in [6, 6.07) is 7.19. The smallest absolute Gasteiger partial charge is 0.347 e. The van der Waals surface area contributed by atoms with Gasteiger partial charge < -0.3 is 14.8 Å². The number of rotatable bonds is 7. The zero-order chi connectivity index (χ0) is 18.2. The third kappa shape index (κ3) is 4.66. The molecule has 0 unspecified atom stereocenters. The maximum absolute atomic E-state index is 12.0. The number of hydrogen-bond donors (Lipinski definition) is 1. The van der Waals surface area contributed by atoms with E-state index in [9.17, 15) is 9.59 Å². The second-order valence-electron chi connectivity index (χ2n) is 4.91. The van der Waals surface area contributed by atoms with Crippen molar-refractivity contribution >= 4 is 17.8 Å². The number of carbonyl (C=O) groups excluding carboxylic acids is 2. The van der Waals surface area contributed by atoms with Gasteiger partial charge in [-0.05, 0) is 32.9 Å². The topological polar surface area (TPSA) is 95.3 Å². The van der Waals surface area contributed by atoms with Crippen LogP contribution in [0, 0.1) is 6.92 Å². The first-order valence-corrected chi connectivity index (χ1v) is 7.85. The highest BCUT2D eigenvalue weighted by Gasteiger charge is 2.21. The summed E-state index contributed by atoms with van der Waals surface area (Å²) in [4.78, 5) is 28.2. The van der Waals surface area contributed by atoms with Crippen LogP contribution in [0.2, 0.25) is 0 Å². The molecule has 25 heavy (non-hydrogen) atoms. The number of aromatic nitrogens is 3. The molecule has 2 heterocycles. The molecular weight excluding hydrogens is 324 g/mol. The number of carbonyl (C=O) groups is 2. The molecular formula is C17H20N4O4. The Kier molecular flexibility index (Phi) is 6.27. The average molecular weight is 344 g/mol. The highest BCUT2D eigenvalue weighted by Crippen LogP contribution is 2.16. The van der Waals surface area contributed by atoms with Gasteiger partial charge in [0.25, 0.3) is 0 Å². The molecule has 0 spiro atoms. The number of ether oxygens (including phenoxy) is 2. The number of aryl methyl sites for hydroxylation is 1. The van der Waals surface area contributed by atoms with E-state index in [0.717, 1.165) is 5.69 Å². The van der Waals surface area contributed by atoms with Crippen molar-refractivity contribution in [1.82, 2.24) is 14.8 Å². The second-order valence-corrected chi connectivity index (χ2v) is 4.91. The summed E-state index contributed by atoms with van der Waals surface area (Å²) in [6.45, 7) is 5.45. The molecule has 0 saturated heterocycles. The predicted octanol–water partition coefficient (Wildman–Crippen LogP) is 2.00. The molecule has 0 aliphatic rings. The van der Waals surface area contributed by atoms with Gasteiger partial charge >= 0.3 is 11.9 Å². The molecule has 8 nitrogen and oxygen atoms in total. The van der Waals surface area contributed by atoms with Gasteiger partial charge in [-0.2, -0.15) is 9.78 Å². The lowest BCUT2D eigenvalue weighted by atomic mass is 10.3. The number of nitrogens with one attached hydrogen (secondary N) is 1. The molecule has 0 aliphatic heterocycles. The SMILES string of the molecule is CCOC(=O)C(=CNc1cc(C)nn1-c1ccccn1)C(=O)OCC. The first-order valence-electron chi connectivity index (χ1n) is 7.85. The quantitative estimate of drug-likeness (QED) is 0.355. The van der Waals surface area contributed by atoms with Crippen LogP contribution < -0.4 is 5.32 Å². The van der Waals surface area contributed by atoms with Gasteiger partial charge in [0.2, 0.25) is 0 Å². The van der Waals surface area contributed by atoms with E-state index in [2.05, 4.69) is 15.4 Å². The Labute approximate surface area is 145 Å². The van der Waals surface area contributed by atoms with Crippen molar-refractivity contribution in [2.45, 2.75) is 20.8 Å².